The van der Waals surface area contributed by atoms with Gasteiger partial charge in [-0.25, -0.2) is 4.98 Å². The molecule has 3 rings (SSSR count). The molecule has 0 spiro atoms. The molecule has 5 nitrogen and oxygen atoms in total. The second kappa shape index (κ2) is 7.72. The van der Waals surface area contributed by atoms with Gasteiger partial charge in [-0.2, -0.15) is 0 Å². The molecule has 0 aliphatic carbocycles. The van der Waals surface area contributed by atoms with E-state index >= 15 is 0 Å². The number of thiazole rings is 1. The molecule has 0 aliphatic rings. The van der Waals surface area contributed by atoms with Crippen LogP contribution in [0.1, 0.15) is 6.92 Å². The van der Waals surface area contributed by atoms with Gasteiger partial charge in [-0.1, -0.05) is 18.2 Å². The Morgan fingerprint density at radius 2 is 1.88 bits per heavy atom. The summed E-state index contributed by atoms with van der Waals surface area (Å²) in [4.78, 5) is 27.2. The molecule has 0 fully saturated rings. The number of para-hydroxylation sites is 1. The molecule has 1 heterocycles. The van der Waals surface area contributed by atoms with Crippen molar-refractivity contribution in [2.45, 2.75) is 6.92 Å². The number of nitrogens with one attached hydrogen (secondary N) is 2. The van der Waals surface area contributed by atoms with Gasteiger partial charge in [0.15, 0.2) is 0 Å². The highest BCUT2D eigenvalue weighted by atomic mass is 32.1. The number of nitrogens with zero attached hydrogens (tertiary/aromatic N) is 1. The van der Waals surface area contributed by atoms with Gasteiger partial charge in [-0.3, -0.25) is 9.59 Å². The first-order valence-corrected chi connectivity index (χ1v) is 8.61. The van der Waals surface area contributed by atoms with Crippen LogP contribution in [0, 0.1) is 0 Å². The van der Waals surface area contributed by atoms with Gasteiger partial charge in [0.05, 0.1) is 10.2 Å². The average molecular weight is 351 g/mol. The van der Waals surface area contributed by atoms with Crippen molar-refractivity contribution in [1.29, 1.82) is 0 Å². The van der Waals surface area contributed by atoms with Crippen molar-refractivity contribution in [1.82, 2.24) is 10.3 Å². The van der Waals surface area contributed by atoms with Gasteiger partial charge < -0.3 is 10.6 Å². The third kappa shape index (κ3) is 4.51. The Labute approximate surface area is 149 Å². The van der Waals surface area contributed by atoms with Gasteiger partial charge in [0, 0.05) is 30.8 Å². The average Bonchev–Trinajstić information content (AvgIpc) is 3.03. The quantitative estimate of drug-likeness (QED) is 0.690. The molecule has 25 heavy (non-hydrogen) atoms. The molecule has 126 valence electrons. The minimum Gasteiger partial charge on any atom is -0.353 e. The van der Waals surface area contributed by atoms with E-state index in [4.69, 9.17) is 0 Å². The summed E-state index contributed by atoms with van der Waals surface area (Å²) in [6, 6.07) is 15.6. The zero-order valence-corrected chi connectivity index (χ0v) is 14.5. The van der Waals surface area contributed by atoms with Crippen molar-refractivity contribution in [2.75, 3.05) is 11.9 Å². The normalized spacial score (nSPS) is 10.9. The first kappa shape index (κ1) is 16.9. The summed E-state index contributed by atoms with van der Waals surface area (Å²) in [6.45, 7) is 1.76. The molecule has 0 atom stereocenters. The summed E-state index contributed by atoms with van der Waals surface area (Å²) in [7, 11) is 0. The lowest BCUT2D eigenvalue weighted by Crippen LogP contribution is -2.19. The van der Waals surface area contributed by atoms with E-state index in [2.05, 4.69) is 21.7 Å². The third-order valence-electron chi connectivity index (χ3n) is 3.43. The SMILES string of the molecule is CC(=O)NC/C=C/C(=O)Nc1ccc(-c2nc3ccccc3s2)cc1. The molecule has 2 amide bonds. The largest absolute Gasteiger partial charge is 0.353 e. The molecule has 2 N–H and O–H groups in total. The fraction of sp³-hybridized carbons (Fsp3) is 0.105. The topological polar surface area (TPSA) is 71.1 Å². The van der Waals surface area contributed by atoms with E-state index < -0.39 is 0 Å². The first-order valence-electron chi connectivity index (χ1n) is 7.80. The number of carbonyl (C=O) groups is 2. The lowest BCUT2D eigenvalue weighted by molar-refractivity contribution is -0.118. The Balaban J connectivity index is 1.64. The van der Waals surface area contributed by atoms with Crippen LogP contribution in [-0.4, -0.2) is 23.3 Å². The monoisotopic (exact) mass is 351 g/mol. The van der Waals surface area contributed by atoms with Crippen LogP contribution in [0.3, 0.4) is 0 Å². The highest BCUT2D eigenvalue weighted by Gasteiger charge is 2.06. The molecule has 0 saturated carbocycles. The van der Waals surface area contributed by atoms with Crippen LogP contribution in [0.25, 0.3) is 20.8 Å². The van der Waals surface area contributed by atoms with Crippen LogP contribution in [-0.2, 0) is 9.59 Å². The number of benzene rings is 2. The van der Waals surface area contributed by atoms with E-state index in [-0.39, 0.29) is 11.8 Å². The third-order valence-corrected chi connectivity index (χ3v) is 4.52. The smallest absolute Gasteiger partial charge is 0.248 e. The molecule has 0 saturated heterocycles. The van der Waals surface area contributed by atoms with Gasteiger partial charge in [0.2, 0.25) is 11.8 Å². The maximum atomic E-state index is 11.8. The number of anilines is 1. The maximum absolute atomic E-state index is 11.8. The van der Waals surface area contributed by atoms with Crippen molar-refractivity contribution in [2.24, 2.45) is 0 Å². The molecule has 0 radical (unpaired) electrons. The van der Waals surface area contributed by atoms with Crippen molar-refractivity contribution >= 4 is 39.1 Å². The lowest BCUT2D eigenvalue weighted by atomic mass is 10.2. The fourth-order valence-electron chi connectivity index (χ4n) is 2.24. The molecule has 1 aromatic heterocycles. The first-order chi connectivity index (χ1) is 12.1. The molecule has 6 heteroatoms. The van der Waals surface area contributed by atoms with E-state index in [0.717, 1.165) is 20.8 Å². The number of carbonyl (C=O) groups excluding carboxylic acids is 2. The van der Waals surface area contributed by atoms with Crippen LogP contribution in [0.15, 0.2) is 60.7 Å². The van der Waals surface area contributed by atoms with Gasteiger partial charge in [0.25, 0.3) is 0 Å². The predicted octanol–water partition coefficient (Wildman–Crippen LogP) is 3.59. The highest BCUT2D eigenvalue weighted by Crippen LogP contribution is 2.30. The van der Waals surface area contributed by atoms with Crippen LogP contribution in [0.5, 0.6) is 0 Å². The summed E-state index contributed by atoms with van der Waals surface area (Å²) in [5, 5.41) is 6.32. The van der Waals surface area contributed by atoms with Crippen molar-refractivity contribution in [3.63, 3.8) is 0 Å². The Morgan fingerprint density at radius 3 is 2.60 bits per heavy atom. The minimum atomic E-state index is -0.238. The van der Waals surface area contributed by atoms with Crippen LogP contribution >= 0.6 is 11.3 Å². The standard InChI is InChI=1S/C19H17N3O2S/c1-13(23)20-12-4-7-18(24)21-15-10-8-14(9-11-15)19-22-16-5-2-3-6-17(16)25-19/h2-11H,12H2,1H3,(H,20,23)(H,21,24)/b7-4+. The molecule has 3 aromatic rings. The Kier molecular flexibility index (Phi) is 5.20. The van der Waals surface area contributed by atoms with Crippen molar-refractivity contribution in [3.05, 3.63) is 60.7 Å². The predicted molar refractivity (Wildman–Crippen MR) is 102 cm³/mol. The summed E-state index contributed by atoms with van der Waals surface area (Å²) >= 11 is 1.64. The summed E-state index contributed by atoms with van der Waals surface area (Å²) < 4.78 is 1.15. The Morgan fingerprint density at radius 1 is 1.12 bits per heavy atom. The molecule has 0 unspecified atom stereocenters. The van der Waals surface area contributed by atoms with E-state index in [1.54, 1.807) is 17.4 Å². The van der Waals surface area contributed by atoms with Gasteiger partial charge in [-0.15, -0.1) is 11.3 Å². The second-order valence-electron chi connectivity index (χ2n) is 5.39. The summed E-state index contributed by atoms with van der Waals surface area (Å²) in [5.41, 5.74) is 2.71. The number of amides is 2. The van der Waals surface area contributed by atoms with Gasteiger partial charge in [0.1, 0.15) is 5.01 Å². The van der Waals surface area contributed by atoms with Gasteiger partial charge in [-0.05, 0) is 36.4 Å². The highest BCUT2D eigenvalue weighted by molar-refractivity contribution is 7.21. The van der Waals surface area contributed by atoms with Crippen molar-refractivity contribution < 1.29 is 9.59 Å². The number of hydrogen-bond acceptors (Lipinski definition) is 4. The molecule has 0 aliphatic heterocycles. The molecular formula is C19H17N3O2S. The van der Waals surface area contributed by atoms with Crippen LogP contribution in [0.4, 0.5) is 5.69 Å². The van der Waals surface area contributed by atoms with E-state index in [9.17, 15) is 9.59 Å². The van der Waals surface area contributed by atoms with Crippen LogP contribution in [0.2, 0.25) is 0 Å². The Bertz CT molecular complexity index is 896. The lowest BCUT2D eigenvalue weighted by Gasteiger charge is -2.03. The van der Waals surface area contributed by atoms with Crippen molar-refractivity contribution in [3.8, 4) is 10.6 Å². The summed E-state index contributed by atoms with van der Waals surface area (Å²) in [5.74, 6) is -0.367. The fourth-order valence-corrected chi connectivity index (χ4v) is 3.22. The number of hydrogen-bond donors (Lipinski definition) is 2. The second-order valence-corrected chi connectivity index (χ2v) is 6.42. The van der Waals surface area contributed by atoms with E-state index in [1.807, 2.05) is 42.5 Å². The zero-order chi connectivity index (χ0) is 17.6. The number of fused-ring (bicyclic) bond motifs is 1. The van der Waals surface area contributed by atoms with E-state index in [0.29, 0.717) is 12.2 Å². The zero-order valence-electron chi connectivity index (χ0n) is 13.7. The minimum absolute atomic E-state index is 0.129. The molecular weight excluding hydrogens is 334 g/mol. The van der Waals surface area contributed by atoms with Gasteiger partial charge >= 0.3 is 0 Å². The maximum Gasteiger partial charge on any atom is 0.248 e. The van der Waals surface area contributed by atoms with Crippen LogP contribution < -0.4 is 10.6 Å². The molecule has 2 aromatic carbocycles. The summed E-state index contributed by atoms with van der Waals surface area (Å²) in [6.07, 6.45) is 3.00. The number of aromatic nitrogens is 1. The number of rotatable bonds is 5. The Hall–Kier alpha value is -2.99. The molecule has 0 bridgehead atoms. The van der Waals surface area contributed by atoms with E-state index in [1.165, 1.54) is 13.0 Å².